The van der Waals surface area contributed by atoms with Crippen LogP contribution >= 0.6 is 0 Å². The second-order valence-corrected chi connectivity index (χ2v) is 2.91. The highest BCUT2D eigenvalue weighted by Crippen LogP contribution is 2.35. The summed E-state index contributed by atoms with van der Waals surface area (Å²) in [5.41, 5.74) is 0.185. The van der Waals surface area contributed by atoms with Gasteiger partial charge in [0.1, 0.15) is 0 Å². The predicted molar refractivity (Wildman–Crippen MR) is 47.1 cm³/mol. The van der Waals surface area contributed by atoms with E-state index in [9.17, 15) is 15.0 Å². The van der Waals surface area contributed by atoms with E-state index < -0.39 is 23.6 Å². The maximum absolute atomic E-state index is 10.4. The number of phenolic OH excluding ortho intramolecular Hbond substituents is 2. The number of aliphatic hydroxyl groups is 1. The standard InChI is InChI=1S/C9H10O5/c1-4-2-3-5(7(11)6(4)10)8(12)9(13)14/h2-3,8,10-12H,1H3,(H,13,14). The van der Waals surface area contributed by atoms with Crippen LogP contribution < -0.4 is 0 Å². The molecular weight excluding hydrogens is 188 g/mol. The Hall–Kier alpha value is -1.75. The highest BCUT2D eigenvalue weighted by Gasteiger charge is 2.21. The lowest BCUT2D eigenvalue weighted by atomic mass is 10.0. The zero-order valence-electron chi connectivity index (χ0n) is 7.43. The van der Waals surface area contributed by atoms with Gasteiger partial charge >= 0.3 is 5.97 Å². The number of carboxylic acid groups (broad SMARTS) is 1. The number of carboxylic acids is 1. The lowest BCUT2D eigenvalue weighted by Gasteiger charge is -2.10. The number of rotatable bonds is 2. The number of aromatic hydroxyl groups is 2. The van der Waals surface area contributed by atoms with Crippen LogP contribution in [0.4, 0.5) is 0 Å². The summed E-state index contributed by atoms with van der Waals surface area (Å²) in [6, 6.07) is 2.67. The normalized spacial score (nSPS) is 12.4. The fourth-order valence-electron chi connectivity index (χ4n) is 1.05. The molecule has 0 fully saturated rings. The van der Waals surface area contributed by atoms with E-state index in [2.05, 4.69) is 0 Å². The Morgan fingerprint density at radius 1 is 1.29 bits per heavy atom. The summed E-state index contributed by atoms with van der Waals surface area (Å²) in [5.74, 6) is -2.49. The summed E-state index contributed by atoms with van der Waals surface area (Å²) in [6.07, 6.45) is -1.83. The van der Waals surface area contributed by atoms with E-state index in [1.54, 1.807) is 6.92 Å². The average molecular weight is 198 g/mol. The lowest BCUT2D eigenvalue weighted by Crippen LogP contribution is -2.10. The largest absolute Gasteiger partial charge is 0.504 e. The smallest absolute Gasteiger partial charge is 0.337 e. The number of phenols is 2. The number of aliphatic carboxylic acids is 1. The van der Waals surface area contributed by atoms with E-state index in [0.717, 1.165) is 0 Å². The molecule has 0 spiro atoms. The number of carbonyl (C=O) groups is 1. The molecule has 0 radical (unpaired) electrons. The molecule has 76 valence electrons. The summed E-state index contributed by atoms with van der Waals surface area (Å²) < 4.78 is 0. The Morgan fingerprint density at radius 3 is 2.36 bits per heavy atom. The fraction of sp³-hybridized carbons (Fsp3) is 0.222. The van der Waals surface area contributed by atoms with Crippen LogP contribution in [0.25, 0.3) is 0 Å². The lowest BCUT2D eigenvalue weighted by molar-refractivity contribution is -0.147. The first-order valence-electron chi connectivity index (χ1n) is 3.87. The second-order valence-electron chi connectivity index (χ2n) is 2.91. The van der Waals surface area contributed by atoms with Crippen molar-refractivity contribution in [2.45, 2.75) is 13.0 Å². The van der Waals surface area contributed by atoms with E-state index in [1.165, 1.54) is 12.1 Å². The minimum Gasteiger partial charge on any atom is -0.504 e. The van der Waals surface area contributed by atoms with Crippen LogP contribution in [0.3, 0.4) is 0 Å². The topological polar surface area (TPSA) is 98.0 Å². The average Bonchev–Trinajstić information content (AvgIpc) is 2.13. The minimum absolute atomic E-state index is 0.222. The van der Waals surface area contributed by atoms with Crippen molar-refractivity contribution in [3.63, 3.8) is 0 Å². The second kappa shape index (κ2) is 3.55. The van der Waals surface area contributed by atoms with Crippen molar-refractivity contribution >= 4 is 5.97 Å². The molecule has 1 aromatic carbocycles. The molecule has 1 unspecified atom stereocenters. The summed E-state index contributed by atoms with van der Waals surface area (Å²) in [6.45, 7) is 1.55. The van der Waals surface area contributed by atoms with Gasteiger partial charge in [-0.25, -0.2) is 4.79 Å². The van der Waals surface area contributed by atoms with Gasteiger partial charge in [0, 0.05) is 5.56 Å². The third kappa shape index (κ3) is 1.62. The highest BCUT2D eigenvalue weighted by atomic mass is 16.4. The molecule has 14 heavy (non-hydrogen) atoms. The highest BCUT2D eigenvalue weighted by molar-refractivity contribution is 5.76. The van der Waals surface area contributed by atoms with E-state index >= 15 is 0 Å². The first-order valence-corrected chi connectivity index (χ1v) is 3.87. The number of aryl methyl sites for hydroxylation is 1. The van der Waals surface area contributed by atoms with Gasteiger partial charge in [-0.2, -0.15) is 0 Å². The van der Waals surface area contributed by atoms with E-state index in [4.69, 9.17) is 10.2 Å². The molecule has 0 bridgehead atoms. The summed E-state index contributed by atoms with van der Waals surface area (Å²) >= 11 is 0. The molecule has 0 aliphatic heterocycles. The number of aliphatic hydroxyl groups excluding tert-OH is 1. The van der Waals surface area contributed by atoms with E-state index in [-0.39, 0.29) is 5.56 Å². The molecular formula is C9H10O5. The van der Waals surface area contributed by atoms with Crippen molar-refractivity contribution in [2.75, 3.05) is 0 Å². The van der Waals surface area contributed by atoms with Crippen LogP contribution in [0, 0.1) is 6.92 Å². The Bertz CT molecular complexity index is 372. The van der Waals surface area contributed by atoms with Crippen LogP contribution in [0.15, 0.2) is 12.1 Å². The van der Waals surface area contributed by atoms with Gasteiger partial charge in [-0.3, -0.25) is 0 Å². The zero-order valence-corrected chi connectivity index (χ0v) is 7.43. The quantitative estimate of drug-likeness (QED) is 0.519. The molecule has 1 aromatic rings. The molecule has 1 atom stereocenters. The molecule has 0 saturated heterocycles. The van der Waals surface area contributed by atoms with Gasteiger partial charge in [0.25, 0.3) is 0 Å². The molecule has 0 aliphatic rings. The first-order chi connectivity index (χ1) is 6.45. The SMILES string of the molecule is Cc1ccc(C(O)C(=O)O)c(O)c1O. The van der Waals surface area contributed by atoms with Crippen molar-refractivity contribution in [1.29, 1.82) is 0 Å². The van der Waals surface area contributed by atoms with Gasteiger partial charge in [0.05, 0.1) is 0 Å². The van der Waals surface area contributed by atoms with Gasteiger partial charge in [-0.05, 0) is 12.5 Å². The first kappa shape index (κ1) is 10.3. The summed E-state index contributed by atoms with van der Waals surface area (Å²) in [5, 5.41) is 36.2. The van der Waals surface area contributed by atoms with E-state index in [0.29, 0.717) is 5.56 Å². The zero-order chi connectivity index (χ0) is 10.9. The molecule has 5 nitrogen and oxygen atoms in total. The Balaban J connectivity index is 3.24. The molecule has 0 amide bonds. The van der Waals surface area contributed by atoms with Gasteiger partial charge in [0.2, 0.25) is 0 Å². The summed E-state index contributed by atoms with van der Waals surface area (Å²) in [7, 11) is 0. The van der Waals surface area contributed by atoms with Crippen molar-refractivity contribution in [3.05, 3.63) is 23.3 Å². The molecule has 4 N–H and O–H groups in total. The van der Waals surface area contributed by atoms with Crippen LogP contribution in [-0.4, -0.2) is 26.4 Å². The van der Waals surface area contributed by atoms with Crippen LogP contribution in [0.1, 0.15) is 17.2 Å². The van der Waals surface area contributed by atoms with Gasteiger partial charge in [-0.15, -0.1) is 0 Å². The molecule has 0 heterocycles. The third-order valence-electron chi connectivity index (χ3n) is 1.91. The Labute approximate surface area is 79.9 Å². The molecule has 5 heteroatoms. The van der Waals surface area contributed by atoms with E-state index in [1.807, 2.05) is 0 Å². The number of hydrogen-bond acceptors (Lipinski definition) is 4. The maximum atomic E-state index is 10.4. The third-order valence-corrected chi connectivity index (χ3v) is 1.91. The van der Waals surface area contributed by atoms with Crippen molar-refractivity contribution < 1.29 is 25.2 Å². The van der Waals surface area contributed by atoms with Crippen LogP contribution in [0.2, 0.25) is 0 Å². The van der Waals surface area contributed by atoms with Gasteiger partial charge in [-0.1, -0.05) is 12.1 Å². The minimum atomic E-state index is -1.83. The summed E-state index contributed by atoms with van der Waals surface area (Å²) in [4.78, 5) is 10.4. The molecule has 1 rings (SSSR count). The molecule has 0 saturated carbocycles. The van der Waals surface area contributed by atoms with Crippen LogP contribution in [-0.2, 0) is 4.79 Å². The Morgan fingerprint density at radius 2 is 1.86 bits per heavy atom. The van der Waals surface area contributed by atoms with Gasteiger partial charge in [0.15, 0.2) is 17.6 Å². The molecule has 0 aromatic heterocycles. The van der Waals surface area contributed by atoms with Crippen molar-refractivity contribution in [1.82, 2.24) is 0 Å². The monoisotopic (exact) mass is 198 g/mol. The molecule has 0 aliphatic carbocycles. The fourth-order valence-corrected chi connectivity index (χ4v) is 1.05. The number of benzene rings is 1. The van der Waals surface area contributed by atoms with Crippen molar-refractivity contribution in [2.24, 2.45) is 0 Å². The Kier molecular flexibility index (Phi) is 2.62. The van der Waals surface area contributed by atoms with Crippen molar-refractivity contribution in [3.8, 4) is 11.5 Å². The maximum Gasteiger partial charge on any atom is 0.337 e. The van der Waals surface area contributed by atoms with Crippen LogP contribution in [0.5, 0.6) is 11.5 Å². The number of hydrogen-bond donors (Lipinski definition) is 4. The predicted octanol–water partition coefficient (Wildman–Crippen LogP) is 0.524. The van der Waals surface area contributed by atoms with Gasteiger partial charge < -0.3 is 20.4 Å².